The van der Waals surface area contributed by atoms with Crippen LogP contribution in [0.15, 0.2) is 12.1 Å². The number of nitrogens with one attached hydrogen (secondary N) is 1. The summed E-state index contributed by atoms with van der Waals surface area (Å²) >= 11 is 6.17. The van der Waals surface area contributed by atoms with E-state index in [2.05, 4.69) is 17.1 Å². The summed E-state index contributed by atoms with van der Waals surface area (Å²) in [7, 11) is 1.71. The van der Waals surface area contributed by atoms with Gasteiger partial charge in [-0.25, -0.2) is 0 Å². The number of hydrogen-bond donors (Lipinski definition) is 1. The molecule has 0 spiro atoms. The van der Waals surface area contributed by atoms with Gasteiger partial charge in [0, 0.05) is 43.3 Å². The van der Waals surface area contributed by atoms with Crippen LogP contribution in [0.2, 0.25) is 5.02 Å². The van der Waals surface area contributed by atoms with Crippen molar-refractivity contribution in [3.63, 3.8) is 0 Å². The molecule has 1 saturated heterocycles. The Morgan fingerprint density at radius 2 is 2.06 bits per heavy atom. The van der Waals surface area contributed by atoms with Gasteiger partial charge >= 0.3 is 0 Å². The van der Waals surface area contributed by atoms with Crippen molar-refractivity contribution in [2.45, 2.75) is 13.5 Å². The van der Waals surface area contributed by atoms with Crippen LogP contribution in [-0.4, -0.2) is 38.2 Å². The molecule has 17 heavy (non-hydrogen) atoms. The largest absolute Gasteiger partial charge is 0.496 e. The van der Waals surface area contributed by atoms with Crippen molar-refractivity contribution in [1.82, 2.24) is 10.2 Å². The second kappa shape index (κ2) is 5.71. The van der Waals surface area contributed by atoms with Gasteiger partial charge in [-0.05, 0) is 24.6 Å². The molecule has 0 bridgehead atoms. The first-order valence-corrected chi connectivity index (χ1v) is 6.35. The topological polar surface area (TPSA) is 24.5 Å². The molecule has 1 aliphatic rings. The van der Waals surface area contributed by atoms with Crippen LogP contribution in [0.3, 0.4) is 0 Å². The van der Waals surface area contributed by atoms with Crippen LogP contribution in [0.4, 0.5) is 0 Å². The lowest BCUT2D eigenvalue weighted by atomic mass is 10.1. The predicted molar refractivity (Wildman–Crippen MR) is 70.9 cm³/mol. The van der Waals surface area contributed by atoms with Crippen molar-refractivity contribution in [3.8, 4) is 5.75 Å². The standard InChI is InChI=1S/C13H19ClN2O/c1-10-11(9-16-7-5-15-6-8-16)13(17-2)4-3-12(10)14/h3-4,15H,5-9H2,1-2H3. The van der Waals surface area contributed by atoms with Gasteiger partial charge in [0.2, 0.25) is 0 Å². The zero-order valence-electron chi connectivity index (χ0n) is 10.4. The van der Waals surface area contributed by atoms with Gasteiger partial charge in [-0.3, -0.25) is 4.90 Å². The molecule has 2 rings (SSSR count). The zero-order chi connectivity index (χ0) is 12.3. The Labute approximate surface area is 108 Å². The second-order valence-electron chi connectivity index (χ2n) is 4.38. The molecule has 0 aliphatic carbocycles. The Morgan fingerprint density at radius 3 is 2.71 bits per heavy atom. The third-order valence-corrected chi connectivity index (χ3v) is 3.71. The lowest BCUT2D eigenvalue weighted by Crippen LogP contribution is -2.43. The zero-order valence-corrected chi connectivity index (χ0v) is 11.2. The number of ether oxygens (including phenoxy) is 1. The Kier molecular flexibility index (Phi) is 4.26. The first-order valence-electron chi connectivity index (χ1n) is 5.97. The number of hydrogen-bond acceptors (Lipinski definition) is 3. The second-order valence-corrected chi connectivity index (χ2v) is 4.79. The van der Waals surface area contributed by atoms with E-state index >= 15 is 0 Å². The van der Waals surface area contributed by atoms with E-state index in [9.17, 15) is 0 Å². The average Bonchev–Trinajstić information content (AvgIpc) is 2.37. The van der Waals surface area contributed by atoms with Crippen molar-refractivity contribution in [2.24, 2.45) is 0 Å². The minimum absolute atomic E-state index is 0.816. The SMILES string of the molecule is COc1ccc(Cl)c(C)c1CN1CCNCC1. The van der Waals surface area contributed by atoms with Gasteiger partial charge in [0.05, 0.1) is 7.11 Å². The number of piperazine rings is 1. The van der Waals surface area contributed by atoms with Gasteiger partial charge in [-0.1, -0.05) is 11.6 Å². The molecular formula is C13H19ClN2O. The van der Waals surface area contributed by atoms with Crippen LogP contribution >= 0.6 is 11.6 Å². The number of benzene rings is 1. The molecule has 1 fully saturated rings. The minimum Gasteiger partial charge on any atom is -0.496 e. The molecule has 94 valence electrons. The number of methoxy groups -OCH3 is 1. The quantitative estimate of drug-likeness (QED) is 0.894. The highest BCUT2D eigenvalue weighted by atomic mass is 35.5. The normalized spacial score (nSPS) is 17.1. The molecule has 0 unspecified atom stereocenters. The van der Waals surface area contributed by atoms with E-state index in [1.54, 1.807) is 7.11 Å². The lowest BCUT2D eigenvalue weighted by molar-refractivity contribution is 0.229. The van der Waals surface area contributed by atoms with Gasteiger partial charge in [-0.15, -0.1) is 0 Å². The fraction of sp³-hybridized carbons (Fsp3) is 0.538. The van der Waals surface area contributed by atoms with Gasteiger partial charge in [0.15, 0.2) is 0 Å². The molecule has 0 amide bonds. The van der Waals surface area contributed by atoms with E-state index in [-0.39, 0.29) is 0 Å². The number of rotatable bonds is 3. The molecule has 0 saturated carbocycles. The van der Waals surface area contributed by atoms with Gasteiger partial charge in [-0.2, -0.15) is 0 Å². The first-order chi connectivity index (χ1) is 8.22. The highest BCUT2D eigenvalue weighted by Gasteiger charge is 2.15. The van der Waals surface area contributed by atoms with Crippen LogP contribution in [0.5, 0.6) is 5.75 Å². The molecule has 1 N–H and O–H groups in total. The molecule has 1 heterocycles. The number of nitrogens with zero attached hydrogens (tertiary/aromatic N) is 1. The summed E-state index contributed by atoms with van der Waals surface area (Å²) in [6, 6.07) is 3.85. The molecule has 4 heteroatoms. The van der Waals surface area contributed by atoms with Crippen LogP contribution in [0.1, 0.15) is 11.1 Å². The average molecular weight is 255 g/mol. The fourth-order valence-corrected chi connectivity index (χ4v) is 2.36. The molecular weight excluding hydrogens is 236 g/mol. The van der Waals surface area contributed by atoms with Crippen molar-refractivity contribution >= 4 is 11.6 Å². The lowest BCUT2D eigenvalue weighted by Gasteiger charge is -2.28. The van der Waals surface area contributed by atoms with Gasteiger partial charge < -0.3 is 10.1 Å². The molecule has 3 nitrogen and oxygen atoms in total. The van der Waals surface area contributed by atoms with E-state index < -0.39 is 0 Å². The van der Waals surface area contributed by atoms with Crippen molar-refractivity contribution in [2.75, 3.05) is 33.3 Å². The van der Waals surface area contributed by atoms with Crippen molar-refractivity contribution < 1.29 is 4.74 Å². The van der Waals surface area contributed by atoms with E-state index in [0.29, 0.717) is 0 Å². The Hall–Kier alpha value is -0.770. The molecule has 1 aromatic rings. The van der Waals surface area contributed by atoms with Crippen LogP contribution in [-0.2, 0) is 6.54 Å². The van der Waals surface area contributed by atoms with Crippen LogP contribution in [0, 0.1) is 6.92 Å². The van der Waals surface area contributed by atoms with Crippen LogP contribution in [0.25, 0.3) is 0 Å². The van der Waals surface area contributed by atoms with Gasteiger partial charge in [0.1, 0.15) is 5.75 Å². The van der Waals surface area contributed by atoms with E-state index in [1.807, 2.05) is 12.1 Å². The third-order valence-electron chi connectivity index (χ3n) is 3.30. The molecule has 0 radical (unpaired) electrons. The van der Waals surface area contributed by atoms with Crippen molar-refractivity contribution in [1.29, 1.82) is 0 Å². The minimum atomic E-state index is 0.816. The number of halogens is 1. The fourth-order valence-electron chi connectivity index (χ4n) is 2.18. The summed E-state index contributed by atoms with van der Waals surface area (Å²) in [4.78, 5) is 2.43. The van der Waals surface area contributed by atoms with Crippen molar-refractivity contribution in [3.05, 3.63) is 28.3 Å². The summed E-state index contributed by atoms with van der Waals surface area (Å²) in [6.45, 7) is 7.24. The highest BCUT2D eigenvalue weighted by molar-refractivity contribution is 6.31. The summed E-state index contributed by atoms with van der Waals surface area (Å²) in [5.74, 6) is 0.936. The Morgan fingerprint density at radius 1 is 1.35 bits per heavy atom. The van der Waals surface area contributed by atoms with E-state index in [0.717, 1.165) is 49.1 Å². The maximum absolute atomic E-state index is 6.17. The smallest absolute Gasteiger partial charge is 0.123 e. The first kappa shape index (κ1) is 12.7. The Balaban J connectivity index is 2.20. The summed E-state index contributed by atoms with van der Waals surface area (Å²) in [6.07, 6.45) is 0. The Bertz CT molecular complexity index is 389. The summed E-state index contributed by atoms with van der Waals surface area (Å²) in [5.41, 5.74) is 2.34. The monoisotopic (exact) mass is 254 g/mol. The molecule has 0 aromatic heterocycles. The molecule has 1 aromatic carbocycles. The third kappa shape index (κ3) is 2.92. The predicted octanol–water partition coefficient (Wildman–Crippen LogP) is 2.06. The molecule has 1 aliphatic heterocycles. The highest BCUT2D eigenvalue weighted by Crippen LogP contribution is 2.29. The maximum Gasteiger partial charge on any atom is 0.123 e. The van der Waals surface area contributed by atoms with Crippen LogP contribution < -0.4 is 10.1 Å². The summed E-state index contributed by atoms with van der Waals surface area (Å²) in [5, 5.41) is 4.17. The molecule has 0 atom stereocenters. The maximum atomic E-state index is 6.17. The van der Waals surface area contributed by atoms with E-state index in [4.69, 9.17) is 16.3 Å². The summed E-state index contributed by atoms with van der Waals surface area (Å²) < 4.78 is 5.42. The van der Waals surface area contributed by atoms with E-state index in [1.165, 1.54) is 5.56 Å². The van der Waals surface area contributed by atoms with Gasteiger partial charge in [0.25, 0.3) is 0 Å².